The fraction of sp³-hybridized carbons (Fsp3) is 0.429. The molecule has 0 bridgehead atoms. The van der Waals surface area contributed by atoms with Gasteiger partial charge < -0.3 is 15.5 Å². The van der Waals surface area contributed by atoms with Gasteiger partial charge in [0.15, 0.2) is 0 Å². The summed E-state index contributed by atoms with van der Waals surface area (Å²) < 4.78 is 0. The van der Waals surface area contributed by atoms with Gasteiger partial charge in [0.2, 0.25) is 0 Å². The molecule has 1 aromatic rings. The number of phenols is 1. The van der Waals surface area contributed by atoms with Crippen LogP contribution in [-0.4, -0.2) is 28.1 Å². The molecule has 0 spiro atoms. The largest absolute Gasteiger partial charge is 0.507 e. The topological polar surface area (TPSA) is 86.6 Å². The Bertz CT molecular complexity index is 471. The van der Waals surface area contributed by atoms with Gasteiger partial charge in [0.1, 0.15) is 5.75 Å². The van der Waals surface area contributed by atoms with E-state index in [0.29, 0.717) is 6.42 Å². The SMILES string of the molecule is CCCC(CC(=O)O)NC(=O)c1ccc(C)cc1O. The highest BCUT2D eigenvalue weighted by Gasteiger charge is 2.18. The zero-order chi connectivity index (χ0) is 14.4. The van der Waals surface area contributed by atoms with Crippen LogP contribution in [0.2, 0.25) is 0 Å². The minimum Gasteiger partial charge on any atom is -0.507 e. The lowest BCUT2D eigenvalue weighted by Crippen LogP contribution is -2.36. The number of benzene rings is 1. The Morgan fingerprint density at radius 1 is 1.37 bits per heavy atom. The number of amides is 1. The van der Waals surface area contributed by atoms with Crippen molar-refractivity contribution in [1.82, 2.24) is 5.32 Å². The molecule has 104 valence electrons. The molecular weight excluding hydrogens is 246 g/mol. The number of carboxylic acids is 1. The molecule has 0 aliphatic heterocycles. The molecule has 1 atom stereocenters. The van der Waals surface area contributed by atoms with Gasteiger partial charge in [0.25, 0.3) is 5.91 Å². The smallest absolute Gasteiger partial charge is 0.305 e. The fourth-order valence-electron chi connectivity index (χ4n) is 1.88. The Morgan fingerprint density at radius 3 is 2.58 bits per heavy atom. The summed E-state index contributed by atoms with van der Waals surface area (Å²) in [4.78, 5) is 22.7. The highest BCUT2D eigenvalue weighted by Crippen LogP contribution is 2.18. The molecule has 1 unspecified atom stereocenters. The summed E-state index contributed by atoms with van der Waals surface area (Å²) in [5.41, 5.74) is 1.02. The van der Waals surface area contributed by atoms with Gasteiger partial charge in [0, 0.05) is 6.04 Å². The second kappa shape index (κ2) is 6.78. The van der Waals surface area contributed by atoms with Crippen LogP contribution in [0.3, 0.4) is 0 Å². The number of hydrogen-bond donors (Lipinski definition) is 3. The lowest BCUT2D eigenvalue weighted by atomic mass is 10.1. The minimum atomic E-state index is -0.952. The van der Waals surface area contributed by atoms with Crippen molar-refractivity contribution in [2.24, 2.45) is 0 Å². The number of phenolic OH excluding ortho intramolecular Hbond substituents is 1. The predicted molar refractivity (Wildman–Crippen MR) is 71.3 cm³/mol. The molecule has 0 heterocycles. The van der Waals surface area contributed by atoms with E-state index in [0.717, 1.165) is 12.0 Å². The second-order valence-electron chi connectivity index (χ2n) is 4.58. The van der Waals surface area contributed by atoms with Crippen molar-refractivity contribution in [3.05, 3.63) is 29.3 Å². The average Bonchev–Trinajstić information content (AvgIpc) is 2.27. The first kappa shape index (κ1) is 15.0. The Balaban J connectivity index is 2.78. The van der Waals surface area contributed by atoms with E-state index >= 15 is 0 Å². The third kappa shape index (κ3) is 4.62. The van der Waals surface area contributed by atoms with Crippen molar-refractivity contribution < 1.29 is 19.8 Å². The summed E-state index contributed by atoms with van der Waals surface area (Å²) in [5.74, 6) is -1.49. The number of rotatable bonds is 6. The first-order valence-electron chi connectivity index (χ1n) is 6.26. The van der Waals surface area contributed by atoms with Crippen molar-refractivity contribution in [2.45, 2.75) is 39.2 Å². The third-order valence-electron chi connectivity index (χ3n) is 2.79. The maximum Gasteiger partial charge on any atom is 0.305 e. The summed E-state index contributed by atoms with van der Waals surface area (Å²) in [6, 6.07) is 4.33. The molecule has 0 fully saturated rings. The quantitative estimate of drug-likeness (QED) is 0.735. The number of carboxylic acid groups (broad SMARTS) is 1. The predicted octanol–water partition coefficient (Wildman–Crippen LogP) is 2.07. The van der Waals surface area contributed by atoms with Crippen molar-refractivity contribution in [1.29, 1.82) is 0 Å². The molecule has 1 amide bonds. The highest BCUT2D eigenvalue weighted by molar-refractivity contribution is 5.97. The first-order valence-corrected chi connectivity index (χ1v) is 6.26. The molecule has 5 heteroatoms. The fourth-order valence-corrected chi connectivity index (χ4v) is 1.88. The monoisotopic (exact) mass is 265 g/mol. The third-order valence-corrected chi connectivity index (χ3v) is 2.79. The Hall–Kier alpha value is -2.04. The van der Waals surface area contributed by atoms with Crippen LogP contribution in [0, 0.1) is 6.92 Å². The molecule has 5 nitrogen and oxygen atoms in total. The maximum atomic E-state index is 12.0. The van der Waals surface area contributed by atoms with Crippen molar-refractivity contribution in [3.8, 4) is 5.75 Å². The van der Waals surface area contributed by atoms with Crippen LogP contribution in [0.4, 0.5) is 0 Å². The number of hydrogen-bond acceptors (Lipinski definition) is 3. The summed E-state index contributed by atoms with van der Waals surface area (Å²) in [6.45, 7) is 3.73. The van der Waals surface area contributed by atoms with Crippen LogP contribution in [0.15, 0.2) is 18.2 Å². The van der Waals surface area contributed by atoms with Crippen LogP contribution in [0.5, 0.6) is 5.75 Å². The van der Waals surface area contributed by atoms with Crippen molar-refractivity contribution in [2.75, 3.05) is 0 Å². The zero-order valence-corrected chi connectivity index (χ0v) is 11.1. The van der Waals surface area contributed by atoms with Crippen LogP contribution < -0.4 is 5.32 Å². The van der Waals surface area contributed by atoms with E-state index in [2.05, 4.69) is 5.32 Å². The van der Waals surface area contributed by atoms with Gasteiger partial charge >= 0.3 is 5.97 Å². The molecule has 0 aromatic heterocycles. The minimum absolute atomic E-state index is 0.0944. The van der Waals surface area contributed by atoms with Gasteiger partial charge in [0.05, 0.1) is 12.0 Å². The van der Waals surface area contributed by atoms with E-state index in [1.165, 1.54) is 12.1 Å². The van der Waals surface area contributed by atoms with E-state index in [4.69, 9.17) is 5.11 Å². The molecule has 0 saturated heterocycles. The number of aromatic hydroxyl groups is 1. The Kier molecular flexibility index (Phi) is 5.36. The number of nitrogens with one attached hydrogen (secondary N) is 1. The van der Waals surface area contributed by atoms with E-state index in [1.54, 1.807) is 6.07 Å². The summed E-state index contributed by atoms with van der Waals surface area (Å²) >= 11 is 0. The molecule has 0 aliphatic carbocycles. The van der Waals surface area contributed by atoms with E-state index in [1.807, 2.05) is 13.8 Å². The lowest BCUT2D eigenvalue weighted by molar-refractivity contribution is -0.137. The molecule has 1 rings (SSSR count). The van der Waals surface area contributed by atoms with E-state index < -0.39 is 17.9 Å². The number of carbonyl (C=O) groups excluding carboxylic acids is 1. The van der Waals surface area contributed by atoms with E-state index in [-0.39, 0.29) is 17.7 Å². The van der Waals surface area contributed by atoms with E-state index in [9.17, 15) is 14.7 Å². The highest BCUT2D eigenvalue weighted by atomic mass is 16.4. The van der Waals surface area contributed by atoms with Crippen LogP contribution in [0.1, 0.15) is 42.1 Å². The zero-order valence-electron chi connectivity index (χ0n) is 11.1. The number of aryl methyl sites for hydroxylation is 1. The molecule has 1 aromatic carbocycles. The molecular formula is C14H19NO4. The molecule has 19 heavy (non-hydrogen) atoms. The van der Waals surface area contributed by atoms with Gasteiger partial charge in [-0.3, -0.25) is 9.59 Å². The standard InChI is InChI=1S/C14H19NO4/c1-3-4-10(8-13(17)18)15-14(19)11-6-5-9(2)7-12(11)16/h5-7,10,16H,3-4,8H2,1-2H3,(H,15,19)(H,17,18). The van der Waals surface area contributed by atoms with Crippen LogP contribution >= 0.6 is 0 Å². The van der Waals surface area contributed by atoms with Gasteiger partial charge in [-0.25, -0.2) is 0 Å². The van der Waals surface area contributed by atoms with Crippen molar-refractivity contribution >= 4 is 11.9 Å². The second-order valence-corrected chi connectivity index (χ2v) is 4.58. The molecule has 3 N–H and O–H groups in total. The number of carbonyl (C=O) groups is 2. The Labute approximate surface area is 112 Å². The van der Waals surface area contributed by atoms with Gasteiger partial charge in [-0.05, 0) is 31.0 Å². The lowest BCUT2D eigenvalue weighted by Gasteiger charge is -2.16. The van der Waals surface area contributed by atoms with Gasteiger partial charge in [-0.15, -0.1) is 0 Å². The van der Waals surface area contributed by atoms with Gasteiger partial charge in [-0.2, -0.15) is 0 Å². The Morgan fingerprint density at radius 2 is 2.05 bits per heavy atom. The first-order chi connectivity index (χ1) is 8.93. The average molecular weight is 265 g/mol. The molecule has 0 aliphatic rings. The van der Waals surface area contributed by atoms with Gasteiger partial charge in [-0.1, -0.05) is 19.4 Å². The summed E-state index contributed by atoms with van der Waals surface area (Å²) in [5, 5.41) is 21.1. The summed E-state index contributed by atoms with van der Waals surface area (Å²) in [7, 11) is 0. The molecule has 0 radical (unpaired) electrons. The number of aliphatic carboxylic acids is 1. The van der Waals surface area contributed by atoms with Crippen molar-refractivity contribution in [3.63, 3.8) is 0 Å². The normalized spacial score (nSPS) is 11.9. The van der Waals surface area contributed by atoms with Crippen LogP contribution in [0.25, 0.3) is 0 Å². The maximum absolute atomic E-state index is 12.0. The summed E-state index contributed by atoms with van der Waals surface area (Å²) in [6.07, 6.45) is 1.25. The molecule has 0 saturated carbocycles. The van der Waals surface area contributed by atoms with Crippen LogP contribution in [-0.2, 0) is 4.79 Å².